The average Bonchev–Trinajstić information content (AvgIpc) is 2.58. The second-order valence-electron chi connectivity index (χ2n) is 4.88. The number of rotatable bonds is 4. The van der Waals surface area contributed by atoms with Crippen molar-refractivity contribution >= 4 is 6.29 Å². The number of hydrogen-bond acceptors (Lipinski definition) is 2. The van der Waals surface area contributed by atoms with E-state index in [1.807, 2.05) is 66.9 Å². The highest BCUT2D eigenvalue weighted by atomic mass is 16.1. The molecule has 0 aliphatic rings. The summed E-state index contributed by atoms with van der Waals surface area (Å²) in [4.78, 5) is 15.3. The zero-order valence-electron chi connectivity index (χ0n) is 11.5. The minimum atomic E-state index is 0.0769. The first kappa shape index (κ1) is 13.3. The van der Waals surface area contributed by atoms with Gasteiger partial charge < -0.3 is 0 Å². The van der Waals surface area contributed by atoms with E-state index in [-0.39, 0.29) is 5.92 Å². The number of aldehydes is 1. The molecule has 0 N–H and O–H groups in total. The average molecular weight is 273 g/mol. The van der Waals surface area contributed by atoms with Crippen LogP contribution in [0.2, 0.25) is 0 Å². The van der Waals surface area contributed by atoms with E-state index in [0.717, 1.165) is 17.5 Å². The van der Waals surface area contributed by atoms with Crippen molar-refractivity contribution in [1.82, 2.24) is 4.98 Å². The summed E-state index contributed by atoms with van der Waals surface area (Å²) in [5.74, 6) is 0.0769. The Bertz CT molecular complexity index is 666. The molecule has 0 radical (unpaired) electrons. The fourth-order valence-electron chi connectivity index (χ4n) is 2.49. The molecule has 0 fully saturated rings. The molecule has 1 atom stereocenters. The monoisotopic (exact) mass is 273 g/mol. The maximum Gasteiger partial charge on any atom is 0.150 e. The lowest BCUT2D eigenvalue weighted by molar-refractivity contribution is 0.112. The number of aromatic nitrogens is 1. The second kappa shape index (κ2) is 6.14. The molecule has 1 aromatic heterocycles. The van der Waals surface area contributed by atoms with Crippen molar-refractivity contribution in [2.45, 2.75) is 5.92 Å². The van der Waals surface area contributed by atoms with Crippen LogP contribution in [0.3, 0.4) is 0 Å². The molecule has 21 heavy (non-hydrogen) atoms. The summed E-state index contributed by atoms with van der Waals surface area (Å²) in [5, 5.41) is 0. The zero-order chi connectivity index (χ0) is 14.5. The van der Waals surface area contributed by atoms with E-state index in [1.165, 1.54) is 5.56 Å². The van der Waals surface area contributed by atoms with Crippen molar-refractivity contribution in [2.24, 2.45) is 0 Å². The first-order valence-electron chi connectivity index (χ1n) is 6.89. The SMILES string of the molecule is O=Cc1ccc(C(c2ccccc2)c2ccccn2)cc1. The third-order valence-electron chi connectivity index (χ3n) is 3.52. The number of nitrogens with zero attached hydrogens (tertiary/aromatic N) is 1. The van der Waals surface area contributed by atoms with E-state index in [0.29, 0.717) is 5.56 Å². The maximum atomic E-state index is 10.8. The number of hydrogen-bond donors (Lipinski definition) is 0. The Morgan fingerprint density at radius 3 is 2.05 bits per heavy atom. The topological polar surface area (TPSA) is 30.0 Å². The van der Waals surface area contributed by atoms with Crippen molar-refractivity contribution in [3.8, 4) is 0 Å². The van der Waals surface area contributed by atoms with Gasteiger partial charge in [-0.15, -0.1) is 0 Å². The summed E-state index contributed by atoms with van der Waals surface area (Å²) < 4.78 is 0. The van der Waals surface area contributed by atoms with Crippen molar-refractivity contribution in [3.63, 3.8) is 0 Å². The van der Waals surface area contributed by atoms with Gasteiger partial charge in [0.05, 0.1) is 11.6 Å². The lowest BCUT2D eigenvalue weighted by Gasteiger charge is -2.17. The first-order chi connectivity index (χ1) is 10.4. The molecule has 0 saturated heterocycles. The minimum Gasteiger partial charge on any atom is -0.298 e. The molecule has 2 aromatic carbocycles. The molecule has 102 valence electrons. The quantitative estimate of drug-likeness (QED) is 0.671. The highest BCUT2D eigenvalue weighted by Gasteiger charge is 2.17. The smallest absolute Gasteiger partial charge is 0.150 e. The molecule has 1 unspecified atom stereocenters. The predicted octanol–water partition coefficient (Wildman–Crippen LogP) is 4.07. The van der Waals surface area contributed by atoms with Crippen LogP contribution < -0.4 is 0 Å². The van der Waals surface area contributed by atoms with Gasteiger partial charge in [0, 0.05) is 11.8 Å². The van der Waals surface area contributed by atoms with Crippen LogP contribution in [0.4, 0.5) is 0 Å². The first-order valence-corrected chi connectivity index (χ1v) is 6.89. The van der Waals surface area contributed by atoms with Crippen LogP contribution in [-0.2, 0) is 0 Å². The normalized spacial score (nSPS) is 11.8. The van der Waals surface area contributed by atoms with Crippen molar-refractivity contribution in [2.75, 3.05) is 0 Å². The van der Waals surface area contributed by atoms with Crippen LogP contribution in [0.5, 0.6) is 0 Å². The van der Waals surface area contributed by atoms with E-state index in [1.54, 1.807) is 0 Å². The summed E-state index contributed by atoms with van der Waals surface area (Å²) in [5.41, 5.74) is 4.01. The zero-order valence-corrected chi connectivity index (χ0v) is 11.5. The minimum absolute atomic E-state index is 0.0769. The van der Waals surface area contributed by atoms with E-state index in [4.69, 9.17) is 0 Å². The highest BCUT2D eigenvalue weighted by Crippen LogP contribution is 2.30. The Labute approximate surface area is 124 Å². The van der Waals surface area contributed by atoms with Crippen LogP contribution in [0.1, 0.15) is 33.1 Å². The van der Waals surface area contributed by atoms with Crippen LogP contribution in [-0.4, -0.2) is 11.3 Å². The van der Waals surface area contributed by atoms with Gasteiger partial charge in [0.1, 0.15) is 6.29 Å². The number of pyridine rings is 1. The van der Waals surface area contributed by atoms with E-state index >= 15 is 0 Å². The Morgan fingerprint density at radius 1 is 0.762 bits per heavy atom. The Balaban J connectivity index is 2.09. The summed E-state index contributed by atoms with van der Waals surface area (Å²) in [6, 6.07) is 23.9. The van der Waals surface area contributed by atoms with Gasteiger partial charge in [0.15, 0.2) is 0 Å². The molecule has 0 aliphatic heterocycles. The molecule has 2 nitrogen and oxygen atoms in total. The van der Waals surface area contributed by atoms with Crippen molar-refractivity contribution < 1.29 is 4.79 Å². The number of carbonyl (C=O) groups excluding carboxylic acids is 1. The van der Waals surface area contributed by atoms with Crippen LogP contribution in [0.15, 0.2) is 79.0 Å². The lowest BCUT2D eigenvalue weighted by atomic mass is 9.88. The van der Waals surface area contributed by atoms with E-state index in [2.05, 4.69) is 17.1 Å². The van der Waals surface area contributed by atoms with E-state index in [9.17, 15) is 4.79 Å². The Hall–Kier alpha value is -2.74. The molecule has 3 aromatic rings. The molecule has 0 bridgehead atoms. The van der Waals surface area contributed by atoms with Gasteiger partial charge in [0.2, 0.25) is 0 Å². The summed E-state index contributed by atoms with van der Waals surface area (Å²) in [6.07, 6.45) is 2.67. The van der Waals surface area contributed by atoms with Crippen LogP contribution >= 0.6 is 0 Å². The summed E-state index contributed by atoms with van der Waals surface area (Å²) in [6.45, 7) is 0. The summed E-state index contributed by atoms with van der Waals surface area (Å²) >= 11 is 0. The van der Waals surface area contributed by atoms with Gasteiger partial charge in [-0.3, -0.25) is 9.78 Å². The molecule has 1 heterocycles. The summed E-state index contributed by atoms with van der Waals surface area (Å²) in [7, 11) is 0. The second-order valence-corrected chi connectivity index (χ2v) is 4.88. The molecular weight excluding hydrogens is 258 g/mol. The fourth-order valence-corrected chi connectivity index (χ4v) is 2.49. The molecule has 0 aliphatic carbocycles. The molecule has 0 amide bonds. The third kappa shape index (κ3) is 2.90. The highest BCUT2D eigenvalue weighted by molar-refractivity contribution is 5.74. The number of carbonyl (C=O) groups is 1. The molecule has 2 heteroatoms. The van der Waals surface area contributed by atoms with Gasteiger partial charge in [-0.2, -0.15) is 0 Å². The standard InChI is InChI=1S/C19H15NO/c21-14-15-9-11-17(12-10-15)19(16-6-2-1-3-7-16)18-8-4-5-13-20-18/h1-14,19H. The molecule has 0 spiro atoms. The van der Waals surface area contributed by atoms with Crippen LogP contribution in [0, 0.1) is 0 Å². The fraction of sp³-hybridized carbons (Fsp3) is 0.0526. The number of benzene rings is 2. The van der Waals surface area contributed by atoms with Gasteiger partial charge in [-0.05, 0) is 23.3 Å². The maximum absolute atomic E-state index is 10.8. The van der Waals surface area contributed by atoms with Crippen LogP contribution in [0.25, 0.3) is 0 Å². The molecule has 3 rings (SSSR count). The van der Waals surface area contributed by atoms with Gasteiger partial charge in [0.25, 0.3) is 0 Å². The predicted molar refractivity (Wildman–Crippen MR) is 83.5 cm³/mol. The van der Waals surface area contributed by atoms with Crippen molar-refractivity contribution in [1.29, 1.82) is 0 Å². The third-order valence-corrected chi connectivity index (χ3v) is 3.52. The van der Waals surface area contributed by atoms with Crippen molar-refractivity contribution in [3.05, 3.63) is 101 Å². The Kier molecular flexibility index (Phi) is 3.88. The molecule has 0 saturated carbocycles. The largest absolute Gasteiger partial charge is 0.298 e. The molecular formula is C19H15NO. The van der Waals surface area contributed by atoms with E-state index < -0.39 is 0 Å². The van der Waals surface area contributed by atoms with Gasteiger partial charge >= 0.3 is 0 Å². The van der Waals surface area contributed by atoms with Gasteiger partial charge in [-0.25, -0.2) is 0 Å². The lowest BCUT2D eigenvalue weighted by Crippen LogP contribution is -2.05. The Morgan fingerprint density at radius 2 is 1.43 bits per heavy atom. The van der Waals surface area contributed by atoms with Gasteiger partial charge in [-0.1, -0.05) is 60.7 Å².